The summed E-state index contributed by atoms with van der Waals surface area (Å²) in [6.45, 7) is -2.46. The van der Waals surface area contributed by atoms with Crippen LogP contribution in [0.2, 0.25) is 0 Å². The molecule has 2 heterocycles. The smallest absolute Gasteiger partial charge is 0.394 e. The predicted octanol–water partition coefficient (Wildman–Crippen LogP) is -2.03. The van der Waals surface area contributed by atoms with Crippen LogP contribution in [0.5, 0.6) is 0 Å². The van der Waals surface area contributed by atoms with Gasteiger partial charge < -0.3 is 30.9 Å². The maximum atomic E-state index is 12.4. The zero-order valence-electron chi connectivity index (χ0n) is 21.6. The molecular formula is C22H28F6N6O8. The molecule has 1 saturated heterocycles. The Morgan fingerprint density at radius 3 is 2.00 bits per heavy atom. The number of aliphatic hydroxyl groups is 2. The quantitative estimate of drug-likeness (QED) is 0.107. The second kappa shape index (κ2) is 14.9. The Bertz CT molecular complexity index is 1220. The molecule has 1 aliphatic heterocycles. The van der Waals surface area contributed by atoms with Gasteiger partial charge in [-0.1, -0.05) is 0 Å². The highest BCUT2D eigenvalue weighted by Crippen LogP contribution is 2.27. The number of nitrogens with zero attached hydrogens (tertiary/aromatic N) is 2. The Morgan fingerprint density at radius 2 is 1.52 bits per heavy atom. The van der Waals surface area contributed by atoms with E-state index in [0.717, 1.165) is 22.9 Å². The van der Waals surface area contributed by atoms with E-state index in [1.165, 1.54) is 4.90 Å². The largest absolute Gasteiger partial charge is 0.471 e. The summed E-state index contributed by atoms with van der Waals surface area (Å²) in [5, 5.41) is 24.6. The third-order valence-electron chi connectivity index (χ3n) is 5.77. The van der Waals surface area contributed by atoms with Gasteiger partial charge in [-0.2, -0.15) is 26.3 Å². The van der Waals surface area contributed by atoms with Crippen LogP contribution in [0.25, 0.3) is 6.08 Å². The molecule has 3 atom stereocenters. The SMILES string of the molecule is O=C(/C=C/c1cn([C@H]2C[C@H](O)[C@@H](CO)O2)c(=O)[nH]c1=O)NCCN(CCNC(=O)C(F)(F)F)CCNC(=O)C(F)(F)F. The van der Waals surface area contributed by atoms with Crippen molar-refractivity contribution in [3.8, 4) is 0 Å². The van der Waals surface area contributed by atoms with E-state index in [2.05, 4.69) is 5.32 Å². The summed E-state index contributed by atoms with van der Waals surface area (Å²) in [5.41, 5.74) is -1.88. The number of hydrogen-bond acceptors (Lipinski definition) is 9. The number of halogens is 6. The maximum absolute atomic E-state index is 12.4. The Kier molecular flexibility index (Phi) is 12.3. The summed E-state index contributed by atoms with van der Waals surface area (Å²) in [4.78, 5) is 61.7. The molecule has 2 rings (SSSR count). The van der Waals surface area contributed by atoms with Crippen LogP contribution in [0.1, 0.15) is 18.2 Å². The molecule has 0 saturated carbocycles. The van der Waals surface area contributed by atoms with Gasteiger partial charge in [-0.15, -0.1) is 0 Å². The van der Waals surface area contributed by atoms with Crippen LogP contribution < -0.4 is 27.2 Å². The lowest BCUT2D eigenvalue weighted by Gasteiger charge is -2.23. The predicted molar refractivity (Wildman–Crippen MR) is 130 cm³/mol. The van der Waals surface area contributed by atoms with Gasteiger partial charge in [-0.3, -0.25) is 33.6 Å². The number of carbonyl (C=O) groups excluding carboxylic acids is 3. The van der Waals surface area contributed by atoms with E-state index in [4.69, 9.17) is 4.74 Å². The van der Waals surface area contributed by atoms with E-state index in [-0.39, 0.29) is 38.2 Å². The van der Waals surface area contributed by atoms with Crippen LogP contribution in [-0.4, -0.2) is 113 Å². The van der Waals surface area contributed by atoms with Crippen LogP contribution in [0.4, 0.5) is 26.3 Å². The zero-order chi connectivity index (χ0) is 31.7. The van der Waals surface area contributed by atoms with Crippen LogP contribution >= 0.6 is 0 Å². The van der Waals surface area contributed by atoms with Gasteiger partial charge in [0.2, 0.25) is 5.91 Å². The molecule has 0 bridgehead atoms. The first kappa shape index (κ1) is 34.5. The fourth-order valence-corrected chi connectivity index (χ4v) is 3.64. The molecule has 1 aromatic heterocycles. The van der Waals surface area contributed by atoms with Crippen LogP contribution in [0.15, 0.2) is 21.9 Å². The van der Waals surface area contributed by atoms with Crippen molar-refractivity contribution < 1.29 is 55.7 Å². The Morgan fingerprint density at radius 1 is 1.00 bits per heavy atom. The normalized spacial score (nSPS) is 19.3. The molecule has 0 aromatic carbocycles. The Hall–Kier alpha value is -3.75. The molecule has 1 aliphatic rings. The van der Waals surface area contributed by atoms with Gasteiger partial charge >= 0.3 is 29.9 Å². The third kappa shape index (κ3) is 10.6. The molecule has 0 spiro atoms. The number of carbonyl (C=O) groups is 3. The zero-order valence-corrected chi connectivity index (χ0v) is 21.6. The van der Waals surface area contributed by atoms with Crippen molar-refractivity contribution in [2.24, 2.45) is 0 Å². The summed E-state index contributed by atoms with van der Waals surface area (Å²) in [6.07, 6.45) is -10.3. The standard InChI is InChI=1S/C22H28F6N6O8/c23-21(24,25)18(39)30-4-7-33(8-5-31-19(40)22(26,27)28)6-3-29-15(37)2-1-12-10-34(20(41)32-17(12)38)16-9-13(36)14(11-35)42-16/h1-2,10,13-14,16,35-36H,3-9,11H2,(H,29,37)(H,30,39)(H,31,40)(H,32,38,41)/b2-1+/t13-,14+,16+/m0/s1. The highest BCUT2D eigenvalue weighted by atomic mass is 19.4. The first-order valence-electron chi connectivity index (χ1n) is 12.2. The van der Waals surface area contributed by atoms with Crippen molar-refractivity contribution in [2.75, 3.05) is 45.9 Å². The number of aromatic nitrogens is 2. The van der Waals surface area contributed by atoms with Crippen molar-refractivity contribution in [3.05, 3.63) is 38.7 Å². The molecule has 20 heteroatoms. The first-order valence-corrected chi connectivity index (χ1v) is 12.2. The molecule has 0 radical (unpaired) electrons. The van der Waals surface area contributed by atoms with Crippen LogP contribution in [0.3, 0.4) is 0 Å². The molecule has 6 N–H and O–H groups in total. The molecule has 3 amide bonds. The molecule has 0 aliphatic carbocycles. The average Bonchev–Trinajstić information content (AvgIpc) is 3.26. The molecule has 1 fully saturated rings. The number of alkyl halides is 6. The van der Waals surface area contributed by atoms with Crippen molar-refractivity contribution in [3.63, 3.8) is 0 Å². The number of hydrogen-bond donors (Lipinski definition) is 6. The fourth-order valence-electron chi connectivity index (χ4n) is 3.64. The van der Waals surface area contributed by atoms with E-state index in [1.54, 1.807) is 10.6 Å². The van der Waals surface area contributed by atoms with E-state index in [1.807, 2.05) is 4.98 Å². The number of ether oxygens (including phenoxy) is 1. The van der Waals surface area contributed by atoms with Gasteiger partial charge in [-0.25, -0.2) is 4.79 Å². The summed E-state index contributed by atoms with van der Waals surface area (Å²) in [6, 6.07) is 0. The fraction of sp³-hybridized carbons (Fsp3) is 0.591. The van der Waals surface area contributed by atoms with Gasteiger partial charge in [0.25, 0.3) is 5.56 Å². The van der Waals surface area contributed by atoms with Crippen LogP contribution in [0, 0.1) is 0 Å². The monoisotopic (exact) mass is 618 g/mol. The summed E-state index contributed by atoms with van der Waals surface area (Å²) in [7, 11) is 0. The number of amides is 3. The molecule has 0 unspecified atom stereocenters. The minimum Gasteiger partial charge on any atom is -0.394 e. The topological polar surface area (TPSA) is 195 Å². The number of aliphatic hydroxyl groups excluding tert-OH is 2. The Labute approximate surface area is 232 Å². The van der Waals surface area contributed by atoms with E-state index in [0.29, 0.717) is 0 Å². The lowest BCUT2D eigenvalue weighted by atomic mass is 10.2. The Balaban J connectivity index is 1.96. The maximum Gasteiger partial charge on any atom is 0.471 e. The van der Waals surface area contributed by atoms with Gasteiger partial charge in [0.15, 0.2) is 0 Å². The lowest BCUT2D eigenvalue weighted by molar-refractivity contribution is -0.173. The minimum atomic E-state index is -5.14. The minimum absolute atomic E-state index is 0.0584. The van der Waals surface area contributed by atoms with E-state index < -0.39 is 79.5 Å². The second-order valence-electron chi connectivity index (χ2n) is 8.84. The van der Waals surface area contributed by atoms with Gasteiger partial charge in [-0.05, 0) is 6.08 Å². The number of H-pyrrole nitrogens is 1. The molecule has 14 nitrogen and oxygen atoms in total. The number of nitrogens with one attached hydrogen (secondary N) is 4. The van der Waals surface area contributed by atoms with Gasteiger partial charge in [0.05, 0.1) is 18.3 Å². The third-order valence-corrected chi connectivity index (χ3v) is 5.77. The molecule has 42 heavy (non-hydrogen) atoms. The van der Waals surface area contributed by atoms with E-state index in [9.17, 15) is 60.5 Å². The average molecular weight is 618 g/mol. The lowest BCUT2D eigenvalue weighted by Crippen LogP contribution is -2.46. The number of rotatable bonds is 13. The highest BCUT2D eigenvalue weighted by molar-refractivity contribution is 5.91. The van der Waals surface area contributed by atoms with Gasteiger partial charge in [0, 0.05) is 58.0 Å². The van der Waals surface area contributed by atoms with Crippen molar-refractivity contribution in [1.82, 2.24) is 30.4 Å². The number of aromatic amines is 1. The van der Waals surface area contributed by atoms with E-state index >= 15 is 0 Å². The van der Waals surface area contributed by atoms with Crippen molar-refractivity contribution in [1.29, 1.82) is 0 Å². The van der Waals surface area contributed by atoms with Gasteiger partial charge in [0.1, 0.15) is 12.3 Å². The van der Waals surface area contributed by atoms with Crippen LogP contribution in [-0.2, 0) is 19.1 Å². The summed E-state index contributed by atoms with van der Waals surface area (Å²) >= 11 is 0. The summed E-state index contributed by atoms with van der Waals surface area (Å²) in [5.74, 6) is -5.22. The van der Waals surface area contributed by atoms with Crippen molar-refractivity contribution >= 4 is 23.8 Å². The molecule has 1 aromatic rings. The second-order valence-corrected chi connectivity index (χ2v) is 8.84. The van der Waals surface area contributed by atoms with Crippen molar-refractivity contribution in [2.45, 2.75) is 37.2 Å². The molecular weight excluding hydrogens is 590 g/mol. The molecule has 236 valence electrons. The highest BCUT2D eigenvalue weighted by Gasteiger charge is 2.39. The first-order chi connectivity index (χ1) is 19.5. The summed E-state index contributed by atoms with van der Waals surface area (Å²) < 4.78 is 80.5.